The fourth-order valence-electron chi connectivity index (χ4n) is 2.29. The van der Waals surface area contributed by atoms with Gasteiger partial charge in [-0.15, -0.1) is 0 Å². The maximum absolute atomic E-state index is 11.1. The molecule has 7 nitrogen and oxygen atoms in total. The van der Waals surface area contributed by atoms with Gasteiger partial charge in [0, 0.05) is 29.8 Å². The molecule has 0 radical (unpaired) electrons. The Labute approximate surface area is 110 Å². The summed E-state index contributed by atoms with van der Waals surface area (Å²) in [5.41, 5.74) is 9.25. The van der Waals surface area contributed by atoms with Gasteiger partial charge in [-0.2, -0.15) is 0 Å². The molecule has 1 fully saturated rings. The van der Waals surface area contributed by atoms with Gasteiger partial charge >= 0.3 is 0 Å². The van der Waals surface area contributed by atoms with Crippen molar-refractivity contribution in [3.05, 3.63) is 38.8 Å². The molecular weight excluding hydrogens is 246 g/mol. The van der Waals surface area contributed by atoms with Crippen molar-refractivity contribution in [2.24, 2.45) is 11.0 Å². The SMILES string of the molecule is CC1CCN(c2ccc(N=[N+]=[N-])cc2[N+](=O)[O-])CC1. The Balaban J connectivity index is 2.34. The van der Waals surface area contributed by atoms with E-state index in [-0.39, 0.29) is 11.4 Å². The second-order valence-electron chi connectivity index (χ2n) is 4.79. The number of hydrogen-bond acceptors (Lipinski definition) is 4. The molecule has 0 unspecified atom stereocenters. The number of nitro benzene ring substituents is 1. The molecule has 0 aromatic heterocycles. The summed E-state index contributed by atoms with van der Waals surface area (Å²) in [4.78, 5) is 15.4. The summed E-state index contributed by atoms with van der Waals surface area (Å²) in [7, 11) is 0. The first kappa shape index (κ1) is 13.2. The van der Waals surface area contributed by atoms with Crippen LogP contribution in [0.2, 0.25) is 0 Å². The van der Waals surface area contributed by atoms with Gasteiger partial charge in [-0.25, -0.2) is 0 Å². The zero-order valence-corrected chi connectivity index (χ0v) is 10.7. The first-order valence-electron chi connectivity index (χ1n) is 6.20. The second kappa shape index (κ2) is 5.58. The summed E-state index contributed by atoms with van der Waals surface area (Å²) >= 11 is 0. The molecule has 2 rings (SSSR count). The number of anilines is 1. The lowest BCUT2D eigenvalue weighted by Gasteiger charge is -2.31. The highest BCUT2D eigenvalue weighted by Crippen LogP contribution is 2.34. The third-order valence-electron chi connectivity index (χ3n) is 3.44. The van der Waals surface area contributed by atoms with Crippen LogP contribution in [0.15, 0.2) is 23.3 Å². The number of piperidine rings is 1. The van der Waals surface area contributed by atoms with Crippen molar-refractivity contribution in [3.63, 3.8) is 0 Å². The summed E-state index contributed by atoms with van der Waals surface area (Å²) in [5.74, 6) is 0.665. The first-order chi connectivity index (χ1) is 9.11. The molecule has 0 bridgehead atoms. The standard InChI is InChI=1S/C12H15N5O2/c1-9-4-6-16(7-5-9)11-3-2-10(14-15-13)8-12(11)17(18)19/h2-3,8-9H,4-7H2,1H3. The smallest absolute Gasteiger partial charge is 0.292 e. The van der Waals surface area contributed by atoms with Gasteiger partial charge < -0.3 is 4.90 Å². The zero-order valence-electron chi connectivity index (χ0n) is 10.7. The Hall–Kier alpha value is -2.27. The summed E-state index contributed by atoms with van der Waals surface area (Å²) in [6.45, 7) is 3.84. The number of rotatable bonds is 3. The largest absolute Gasteiger partial charge is 0.366 e. The van der Waals surface area contributed by atoms with Gasteiger partial charge in [-0.3, -0.25) is 10.1 Å². The van der Waals surface area contributed by atoms with Gasteiger partial charge in [0.2, 0.25) is 0 Å². The van der Waals surface area contributed by atoms with E-state index in [2.05, 4.69) is 16.9 Å². The molecule has 1 aliphatic rings. The molecule has 0 N–H and O–H groups in total. The predicted octanol–water partition coefficient (Wildman–Crippen LogP) is 3.77. The van der Waals surface area contributed by atoms with Crippen molar-refractivity contribution in [1.29, 1.82) is 0 Å². The lowest BCUT2D eigenvalue weighted by molar-refractivity contribution is -0.384. The quantitative estimate of drug-likeness (QED) is 0.272. The van der Waals surface area contributed by atoms with Crippen LogP contribution in [0.1, 0.15) is 19.8 Å². The van der Waals surface area contributed by atoms with E-state index in [1.807, 2.05) is 4.90 Å². The predicted molar refractivity (Wildman–Crippen MR) is 72.5 cm³/mol. The Morgan fingerprint density at radius 1 is 1.47 bits per heavy atom. The Morgan fingerprint density at radius 2 is 2.16 bits per heavy atom. The third-order valence-corrected chi connectivity index (χ3v) is 3.44. The van der Waals surface area contributed by atoms with Gasteiger partial charge in [0.15, 0.2) is 0 Å². The second-order valence-corrected chi connectivity index (χ2v) is 4.79. The third kappa shape index (κ3) is 2.95. The van der Waals surface area contributed by atoms with Crippen LogP contribution in [-0.2, 0) is 0 Å². The van der Waals surface area contributed by atoms with Crippen LogP contribution in [0, 0.1) is 16.0 Å². The van der Waals surface area contributed by atoms with E-state index in [0.717, 1.165) is 25.9 Å². The molecule has 0 atom stereocenters. The minimum absolute atomic E-state index is 0.000506. The van der Waals surface area contributed by atoms with Crippen molar-refractivity contribution in [2.75, 3.05) is 18.0 Å². The molecule has 100 valence electrons. The van der Waals surface area contributed by atoms with Crippen LogP contribution < -0.4 is 4.90 Å². The van der Waals surface area contributed by atoms with E-state index in [9.17, 15) is 10.1 Å². The highest BCUT2D eigenvalue weighted by Gasteiger charge is 2.23. The Bertz CT molecular complexity index is 531. The van der Waals surface area contributed by atoms with E-state index in [1.54, 1.807) is 12.1 Å². The molecule has 0 aliphatic carbocycles. The van der Waals surface area contributed by atoms with E-state index < -0.39 is 4.92 Å². The van der Waals surface area contributed by atoms with E-state index in [1.165, 1.54) is 6.07 Å². The zero-order chi connectivity index (χ0) is 13.8. The highest BCUT2D eigenvalue weighted by atomic mass is 16.6. The van der Waals surface area contributed by atoms with Crippen molar-refractivity contribution in [3.8, 4) is 0 Å². The number of nitrogens with zero attached hydrogens (tertiary/aromatic N) is 5. The molecule has 19 heavy (non-hydrogen) atoms. The van der Waals surface area contributed by atoms with Gasteiger partial charge in [0.25, 0.3) is 5.69 Å². The van der Waals surface area contributed by atoms with E-state index in [4.69, 9.17) is 5.53 Å². The fourth-order valence-corrected chi connectivity index (χ4v) is 2.29. The van der Waals surface area contributed by atoms with Gasteiger partial charge in [-0.05, 0) is 30.4 Å². The average molecular weight is 261 g/mol. The molecule has 0 spiro atoms. The lowest BCUT2D eigenvalue weighted by atomic mass is 9.98. The number of nitro groups is 1. The molecule has 1 heterocycles. The molecule has 0 amide bonds. The van der Waals surface area contributed by atoms with Crippen LogP contribution in [0.4, 0.5) is 17.1 Å². The van der Waals surface area contributed by atoms with Crippen molar-refractivity contribution >= 4 is 17.1 Å². The van der Waals surface area contributed by atoms with Crippen molar-refractivity contribution in [1.82, 2.24) is 0 Å². The fraction of sp³-hybridized carbons (Fsp3) is 0.500. The summed E-state index contributed by atoms with van der Waals surface area (Å²) in [6.07, 6.45) is 2.07. The van der Waals surface area contributed by atoms with Crippen LogP contribution >= 0.6 is 0 Å². The molecular formula is C12H15N5O2. The molecule has 1 aromatic carbocycles. The van der Waals surface area contributed by atoms with Crippen LogP contribution in [-0.4, -0.2) is 18.0 Å². The van der Waals surface area contributed by atoms with Crippen LogP contribution in [0.5, 0.6) is 0 Å². The average Bonchev–Trinajstić information content (AvgIpc) is 2.40. The molecule has 0 saturated carbocycles. The summed E-state index contributed by atoms with van der Waals surface area (Å²) in [5, 5.41) is 14.5. The van der Waals surface area contributed by atoms with Gasteiger partial charge in [0.1, 0.15) is 5.69 Å². The molecule has 1 aliphatic heterocycles. The van der Waals surface area contributed by atoms with Gasteiger partial charge in [0.05, 0.1) is 4.92 Å². The normalized spacial score (nSPS) is 15.9. The minimum Gasteiger partial charge on any atom is -0.366 e. The summed E-state index contributed by atoms with van der Waals surface area (Å²) < 4.78 is 0. The Kier molecular flexibility index (Phi) is 3.87. The number of azide groups is 1. The molecule has 1 aromatic rings. The Morgan fingerprint density at radius 3 is 2.74 bits per heavy atom. The first-order valence-corrected chi connectivity index (χ1v) is 6.20. The maximum atomic E-state index is 11.1. The van der Waals surface area contributed by atoms with Crippen molar-refractivity contribution < 1.29 is 4.92 Å². The monoisotopic (exact) mass is 261 g/mol. The summed E-state index contributed by atoms with van der Waals surface area (Å²) in [6, 6.07) is 4.60. The molecule has 1 saturated heterocycles. The molecule has 7 heteroatoms. The number of benzene rings is 1. The van der Waals surface area contributed by atoms with Crippen LogP contribution in [0.3, 0.4) is 0 Å². The van der Waals surface area contributed by atoms with E-state index in [0.29, 0.717) is 11.6 Å². The van der Waals surface area contributed by atoms with Gasteiger partial charge in [-0.1, -0.05) is 18.1 Å². The van der Waals surface area contributed by atoms with Crippen LogP contribution in [0.25, 0.3) is 10.4 Å². The minimum atomic E-state index is -0.427. The lowest BCUT2D eigenvalue weighted by Crippen LogP contribution is -2.33. The maximum Gasteiger partial charge on any atom is 0.292 e. The topological polar surface area (TPSA) is 95.1 Å². The van der Waals surface area contributed by atoms with Crippen molar-refractivity contribution in [2.45, 2.75) is 19.8 Å². The number of hydrogen-bond donors (Lipinski definition) is 0. The van der Waals surface area contributed by atoms with E-state index >= 15 is 0 Å². The highest BCUT2D eigenvalue weighted by molar-refractivity contribution is 5.68.